The Bertz CT molecular complexity index is 341. The highest BCUT2D eigenvalue weighted by Gasteiger charge is 2.21. The van der Waals surface area contributed by atoms with Crippen molar-refractivity contribution >= 4 is 35.2 Å². The van der Waals surface area contributed by atoms with Gasteiger partial charge in [0.2, 0.25) is 0 Å². The molecule has 0 aromatic carbocycles. The molecule has 0 fully saturated rings. The first-order chi connectivity index (χ1) is 5.83. The Kier molecular flexibility index (Phi) is 2.02. The summed E-state index contributed by atoms with van der Waals surface area (Å²) in [6.45, 7) is 0. The lowest BCUT2D eigenvalue weighted by Gasteiger charge is -2.09. The molecule has 62 valence electrons. The molecule has 2 rings (SSSR count). The lowest BCUT2D eigenvalue weighted by atomic mass is 10.1. The third-order valence-corrected chi connectivity index (χ3v) is 3.93. The van der Waals surface area contributed by atoms with Gasteiger partial charge in [-0.2, -0.15) is 0 Å². The van der Waals surface area contributed by atoms with Crippen LogP contribution in [0.3, 0.4) is 0 Å². The van der Waals surface area contributed by atoms with E-state index in [2.05, 4.69) is 0 Å². The van der Waals surface area contributed by atoms with E-state index < -0.39 is 0 Å². The fraction of sp³-hybridized carbons (Fsp3) is 0.250. The fourth-order valence-electron chi connectivity index (χ4n) is 1.17. The van der Waals surface area contributed by atoms with Crippen LogP contribution >= 0.6 is 23.1 Å². The molecule has 0 saturated heterocycles. The topological polar surface area (TPSA) is 34.1 Å². The molecule has 0 N–H and O–H groups in total. The molecule has 1 aliphatic heterocycles. The molecule has 0 bridgehead atoms. The zero-order chi connectivity index (χ0) is 8.55. The van der Waals surface area contributed by atoms with E-state index in [0.717, 1.165) is 22.5 Å². The van der Waals surface area contributed by atoms with Crippen LogP contribution in [0.5, 0.6) is 0 Å². The smallest absolute Gasteiger partial charge is 0.165 e. The van der Waals surface area contributed by atoms with Crippen LogP contribution in [-0.2, 0) is 0 Å². The summed E-state index contributed by atoms with van der Waals surface area (Å²) in [5.74, 6) is 0.983. The zero-order valence-corrected chi connectivity index (χ0v) is 7.83. The highest BCUT2D eigenvalue weighted by molar-refractivity contribution is 7.99. The molecular formula is C8H6O2S2. The standard InChI is InChI=1S/C8H6O2S2/c9-3-7-8-5(4-12-7)6(10)1-2-11-8/h3-4H,1-2H2. The molecule has 4 heteroatoms. The largest absolute Gasteiger partial charge is 0.297 e. The third-order valence-electron chi connectivity index (χ3n) is 1.76. The fourth-order valence-corrected chi connectivity index (χ4v) is 3.34. The average molecular weight is 198 g/mol. The van der Waals surface area contributed by atoms with E-state index in [9.17, 15) is 9.59 Å². The minimum atomic E-state index is 0.174. The third kappa shape index (κ3) is 1.11. The van der Waals surface area contributed by atoms with Crippen molar-refractivity contribution in [3.05, 3.63) is 15.8 Å². The minimum absolute atomic E-state index is 0.174. The minimum Gasteiger partial charge on any atom is -0.297 e. The Morgan fingerprint density at radius 1 is 1.50 bits per heavy atom. The van der Waals surface area contributed by atoms with Crippen molar-refractivity contribution in [2.75, 3.05) is 5.75 Å². The summed E-state index contributed by atoms with van der Waals surface area (Å²) >= 11 is 2.97. The number of carbonyl (C=O) groups excluding carboxylic acids is 2. The van der Waals surface area contributed by atoms with Crippen molar-refractivity contribution in [1.29, 1.82) is 0 Å². The van der Waals surface area contributed by atoms with E-state index in [1.54, 1.807) is 17.1 Å². The lowest BCUT2D eigenvalue weighted by molar-refractivity contribution is 0.0985. The van der Waals surface area contributed by atoms with E-state index in [1.165, 1.54) is 11.3 Å². The predicted octanol–water partition coefficient (Wildman–Crippen LogP) is 2.24. The SMILES string of the molecule is O=Cc1scc2c1SCCC2=O. The van der Waals surface area contributed by atoms with Gasteiger partial charge < -0.3 is 0 Å². The Morgan fingerprint density at radius 3 is 3.08 bits per heavy atom. The molecule has 12 heavy (non-hydrogen) atoms. The summed E-state index contributed by atoms with van der Waals surface area (Å²) in [4.78, 5) is 23.4. The van der Waals surface area contributed by atoms with Crippen LogP contribution in [0.15, 0.2) is 10.3 Å². The molecule has 1 aliphatic rings. The van der Waals surface area contributed by atoms with Gasteiger partial charge in [0.25, 0.3) is 0 Å². The normalized spacial score (nSPS) is 15.8. The highest BCUT2D eigenvalue weighted by Crippen LogP contribution is 2.36. The number of fused-ring (bicyclic) bond motifs is 1. The molecule has 0 unspecified atom stereocenters. The number of ketones is 1. The Hall–Kier alpha value is -0.610. The van der Waals surface area contributed by atoms with Crippen LogP contribution in [0.1, 0.15) is 26.5 Å². The first kappa shape index (κ1) is 8.01. The van der Waals surface area contributed by atoms with Crippen molar-refractivity contribution in [3.63, 3.8) is 0 Å². The van der Waals surface area contributed by atoms with Gasteiger partial charge in [-0.3, -0.25) is 9.59 Å². The quantitative estimate of drug-likeness (QED) is 0.649. The molecule has 2 nitrogen and oxygen atoms in total. The zero-order valence-electron chi connectivity index (χ0n) is 6.20. The molecule has 0 saturated carbocycles. The molecule has 0 atom stereocenters. The molecule has 0 aliphatic carbocycles. The second-order valence-corrected chi connectivity index (χ2v) is 4.50. The van der Waals surface area contributed by atoms with E-state index in [0.29, 0.717) is 11.3 Å². The maximum absolute atomic E-state index is 11.3. The summed E-state index contributed by atoms with van der Waals surface area (Å²) < 4.78 is 0. The summed E-state index contributed by atoms with van der Waals surface area (Å²) in [5.41, 5.74) is 0.748. The molecule has 0 amide bonds. The van der Waals surface area contributed by atoms with Crippen molar-refractivity contribution in [1.82, 2.24) is 0 Å². The van der Waals surface area contributed by atoms with Gasteiger partial charge >= 0.3 is 0 Å². The predicted molar refractivity (Wildman–Crippen MR) is 49.4 cm³/mol. The van der Waals surface area contributed by atoms with Gasteiger partial charge in [-0.25, -0.2) is 0 Å². The summed E-state index contributed by atoms with van der Waals surface area (Å²) in [7, 11) is 0. The van der Waals surface area contributed by atoms with Gasteiger partial charge in [-0.1, -0.05) is 0 Å². The van der Waals surface area contributed by atoms with Crippen LogP contribution in [-0.4, -0.2) is 17.8 Å². The molecule has 0 radical (unpaired) electrons. The maximum Gasteiger partial charge on any atom is 0.165 e. The molecule has 0 spiro atoms. The monoisotopic (exact) mass is 198 g/mol. The number of Topliss-reactive ketones (excluding diaryl/α,β-unsaturated/α-hetero) is 1. The first-order valence-corrected chi connectivity index (χ1v) is 5.42. The number of rotatable bonds is 1. The van der Waals surface area contributed by atoms with Gasteiger partial charge in [0.05, 0.1) is 4.88 Å². The van der Waals surface area contributed by atoms with Crippen molar-refractivity contribution < 1.29 is 9.59 Å². The van der Waals surface area contributed by atoms with Crippen LogP contribution in [0.25, 0.3) is 0 Å². The summed E-state index contributed by atoms with van der Waals surface area (Å²) in [6, 6.07) is 0. The van der Waals surface area contributed by atoms with E-state index in [-0.39, 0.29) is 5.78 Å². The van der Waals surface area contributed by atoms with Gasteiger partial charge in [-0.05, 0) is 0 Å². The molecule has 1 aromatic heterocycles. The lowest BCUT2D eigenvalue weighted by Crippen LogP contribution is -2.06. The highest BCUT2D eigenvalue weighted by atomic mass is 32.2. The Morgan fingerprint density at radius 2 is 2.33 bits per heavy atom. The number of carbonyl (C=O) groups is 2. The Labute approximate surface area is 78.0 Å². The number of hydrogen-bond donors (Lipinski definition) is 0. The van der Waals surface area contributed by atoms with Gasteiger partial charge in [0, 0.05) is 28.0 Å². The number of aldehydes is 1. The van der Waals surface area contributed by atoms with Crippen LogP contribution < -0.4 is 0 Å². The average Bonchev–Trinajstić information content (AvgIpc) is 2.49. The van der Waals surface area contributed by atoms with Crippen LogP contribution in [0.2, 0.25) is 0 Å². The van der Waals surface area contributed by atoms with Crippen molar-refractivity contribution in [3.8, 4) is 0 Å². The van der Waals surface area contributed by atoms with E-state index in [4.69, 9.17) is 0 Å². The van der Waals surface area contributed by atoms with Crippen molar-refractivity contribution in [2.24, 2.45) is 0 Å². The van der Waals surface area contributed by atoms with E-state index in [1.807, 2.05) is 0 Å². The number of thiophene rings is 1. The maximum atomic E-state index is 11.3. The van der Waals surface area contributed by atoms with E-state index >= 15 is 0 Å². The van der Waals surface area contributed by atoms with Gasteiger partial charge in [-0.15, -0.1) is 23.1 Å². The van der Waals surface area contributed by atoms with Gasteiger partial charge in [0.15, 0.2) is 12.1 Å². The van der Waals surface area contributed by atoms with Crippen LogP contribution in [0, 0.1) is 0 Å². The number of hydrogen-bond acceptors (Lipinski definition) is 4. The number of thioether (sulfide) groups is 1. The molecular weight excluding hydrogens is 192 g/mol. The summed E-state index contributed by atoms with van der Waals surface area (Å²) in [5, 5.41) is 1.79. The van der Waals surface area contributed by atoms with Gasteiger partial charge in [0.1, 0.15) is 0 Å². The van der Waals surface area contributed by atoms with Crippen molar-refractivity contribution in [2.45, 2.75) is 11.3 Å². The second kappa shape index (κ2) is 3.03. The second-order valence-electron chi connectivity index (χ2n) is 2.48. The van der Waals surface area contributed by atoms with Crippen LogP contribution in [0.4, 0.5) is 0 Å². The summed E-state index contributed by atoms with van der Waals surface area (Å²) in [6.07, 6.45) is 1.43. The molecule has 2 heterocycles. The molecule has 1 aromatic rings. The first-order valence-electron chi connectivity index (χ1n) is 3.55. The Balaban J connectivity index is 2.54.